The summed E-state index contributed by atoms with van der Waals surface area (Å²) < 4.78 is 0. The third-order valence-corrected chi connectivity index (χ3v) is 2.43. The minimum Gasteiger partial charge on any atom is -0.0843 e. The maximum absolute atomic E-state index is 5.64. The zero-order chi connectivity index (χ0) is 14.0. The van der Waals surface area contributed by atoms with E-state index < -0.39 is 0 Å². The van der Waals surface area contributed by atoms with Crippen molar-refractivity contribution in [3.8, 4) is 0 Å². The summed E-state index contributed by atoms with van der Waals surface area (Å²) in [6, 6.07) is 15.5. The fourth-order valence-electron chi connectivity index (χ4n) is 1.21. The van der Waals surface area contributed by atoms with Crippen LogP contribution in [0.3, 0.4) is 0 Å². The van der Waals surface area contributed by atoms with Gasteiger partial charge in [-0.15, -0.1) is 0 Å². The molecule has 0 N–H and O–H groups in total. The van der Waals surface area contributed by atoms with E-state index in [0.717, 1.165) is 10.0 Å². The van der Waals surface area contributed by atoms with E-state index >= 15 is 0 Å². The van der Waals surface area contributed by atoms with Gasteiger partial charge in [0.25, 0.3) is 0 Å². The van der Waals surface area contributed by atoms with Crippen molar-refractivity contribution in [3.63, 3.8) is 0 Å². The lowest BCUT2D eigenvalue weighted by molar-refractivity contribution is 1.47. The topological polar surface area (TPSA) is 0 Å². The van der Waals surface area contributed by atoms with Crippen LogP contribution in [0.4, 0.5) is 0 Å². The Bertz CT molecular complexity index is 372. The molecule has 0 spiro atoms. The molecule has 0 fully saturated rings. The summed E-state index contributed by atoms with van der Waals surface area (Å²) in [6.45, 7) is 8.04. The summed E-state index contributed by atoms with van der Waals surface area (Å²) >= 11 is 11.3. The van der Waals surface area contributed by atoms with E-state index in [9.17, 15) is 0 Å². The summed E-state index contributed by atoms with van der Waals surface area (Å²) in [5.74, 6) is 0. The first-order chi connectivity index (χ1) is 8.58. The molecular formula is C16H20Cl2. The molecule has 0 bridgehead atoms. The second kappa shape index (κ2) is 9.99. The summed E-state index contributed by atoms with van der Waals surface area (Å²) in [6.07, 6.45) is 0. The Morgan fingerprint density at radius 3 is 1.17 bits per heavy atom. The number of hydrogen-bond donors (Lipinski definition) is 0. The van der Waals surface area contributed by atoms with E-state index in [0.29, 0.717) is 0 Å². The molecule has 18 heavy (non-hydrogen) atoms. The monoisotopic (exact) mass is 282 g/mol. The molecule has 2 heteroatoms. The van der Waals surface area contributed by atoms with Crippen molar-refractivity contribution in [3.05, 3.63) is 69.7 Å². The average Bonchev–Trinajstić information content (AvgIpc) is 2.31. The molecule has 2 aromatic rings. The highest BCUT2D eigenvalue weighted by atomic mass is 35.5. The van der Waals surface area contributed by atoms with Gasteiger partial charge in [0.15, 0.2) is 0 Å². The van der Waals surface area contributed by atoms with Crippen molar-refractivity contribution in [2.75, 3.05) is 0 Å². The van der Waals surface area contributed by atoms with Gasteiger partial charge >= 0.3 is 0 Å². The second-order valence-electron chi connectivity index (χ2n) is 3.60. The van der Waals surface area contributed by atoms with Crippen molar-refractivity contribution in [1.82, 2.24) is 0 Å². The van der Waals surface area contributed by atoms with Crippen molar-refractivity contribution in [2.45, 2.75) is 27.7 Å². The van der Waals surface area contributed by atoms with Crippen LogP contribution in [-0.2, 0) is 0 Å². The summed E-state index contributed by atoms with van der Waals surface area (Å²) in [4.78, 5) is 0. The number of halogens is 2. The van der Waals surface area contributed by atoms with Gasteiger partial charge in [0, 0.05) is 10.0 Å². The standard InChI is InChI=1S/2C7H7Cl.C2H6/c2*1-6-3-2-4-7(8)5-6;1-2/h2*2-5H,1H3;1-2H3. The van der Waals surface area contributed by atoms with Crippen molar-refractivity contribution < 1.29 is 0 Å². The van der Waals surface area contributed by atoms with Gasteiger partial charge in [0.2, 0.25) is 0 Å². The van der Waals surface area contributed by atoms with Gasteiger partial charge in [-0.25, -0.2) is 0 Å². The summed E-state index contributed by atoms with van der Waals surface area (Å²) in [5, 5.41) is 1.62. The van der Waals surface area contributed by atoms with Gasteiger partial charge in [-0.05, 0) is 49.2 Å². The molecule has 2 rings (SSSR count). The van der Waals surface area contributed by atoms with E-state index in [1.165, 1.54) is 11.1 Å². The van der Waals surface area contributed by atoms with Gasteiger partial charge in [0.1, 0.15) is 0 Å². The van der Waals surface area contributed by atoms with Gasteiger partial charge in [0.05, 0.1) is 0 Å². The lowest BCUT2D eigenvalue weighted by Gasteiger charge is -1.88. The molecule has 0 nitrogen and oxygen atoms in total. The number of hydrogen-bond acceptors (Lipinski definition) is 0. The molecule has 0 saturated heterocycles. The van der Waals surface area contributed by atoms with Crippen LogP contribution in [0.25, 0.3) is 0 Å². The predicted molar refractivity (Wildman–Crippen MR) is 83.7 cm³/mol. The maximum atomic E-state index is 5.64. The smallest absolute Gasteiger partial charge is 0.0408 e. The maximum Gasteiger partial charge on any atom is 0.0408 e. The largest absolute Gasteiger partial charge is 0.0843 e. The second-order valence-corrected chi connectivity index (χ2v) is 4.47. The Balaban J connectivity index is 0.000000283. The van der Waals surface area contributed by atoms with Gasteiger partial charge in [-0.3, -0.25) is 0 Å². The van der Waals surface area contributed by atoms with Crippen LogP contribution in [-0.4, -0.2) is 0 Å². The third kappa shape index (κ3) is 8.16. The van der Waals surface area contributed by atoms with E-state index in [1.54, 1.807) is 0 Å². The molecule has 0 aliphatic carbocycles. The molecular weight excluding hydrogens is 263 g/mol. The molecule has 0 amide bonds. The molecule has 98 valence electrons. The highest BCUT2D eigenvalue weighted by molar-refractivity contribution is 6.30. The quantitative estimate of drug-likeness (QED) is 0.530. The van der Waals surface area contributed by atoms with Crippen molar-refractivity contribution in [2.24, 2.45) is 0 Å². The highest BCUT2D eigenvalue weighted by Gasteiger charge is 1.83. The molecule has 0 radical (unpaired) electrons. The Morgan fingerprint density at radius 2 is 1.00 bits per heavy atom. The van der Waals surface area contributed by atoms with Crippen molar-refractivity contribution >= 4 is 23.2 Å². The van der Waals surface area contributed by atoms with Crippen LogP contribution >= 0.6 is 23.2 Å². The Kier molecular flexibility index (Phi) is 9.45. The first kappa shape index (κ1) is 17.0. The SMILES string of the molecule is CC.Cc1cccc(Cl)c1.Cc1cccc(Cl)c1. The first-order valence-electron chi connectivity index (χ1n) is 6.02. The summed E-state index contributed by atoms with van der Waals surface area (Å²) in [7, 11) is 0. The third-order valence-electron chi connectivity index (χ3n) is 1.96. The highest BCUT2D eigenvalue weighted by Crippen LogP contribution is 2.09. The molecule has 0 unspecified atom stereocenters. The molecule has 0 atom stereocenters. The Morgan fingerprint density at radius 1 is 0.667 bits per heavy atom. The van der Waals surface area contributed by atoms with Crippen LogP contribution in [0.5, 0.6) is 0 Å². The minimum atomic E-state index is 0.810. The normalized spacial score (nSPS) is 8.56. The van der Waals surface area contributed by atoms with E-state index in [-0.39, 0.29) is 0 Å². The number of rotatable bonds is 0. The van der Waals surface area contributed by atoms with Crippen LogP contribution in [0, 0.1) is 13.8 Å². The van der Waals surface area contributed by atoms with Crippen LogP contribution in [0.1, 0.15) is 25.0 Å². The minimum absolute atomic E-state index is 0.810. The van der Waals surface area contributed by atoms with Crippen LogP contribution in [0.15, 0.2) is 48.5 Å². The van der Waals surface area contributed by atoms with Crippen LogP contribution in [0.2, 0.25) is 10.0 Å². The van der Waals surface area contributed by atoms with E-state index in [4.69, 9.17) is 23.2 Å². The Labute approximate surface area is 121 Å². The molecule has 0 heterocycles. The number of aryl methyl sites for hydroxylation is 2. The lowest BCUT2D eigenvalue weighted by atomic mass is 10.2. The molecule has 2 aromatic carbocycles. The van der Waals surface area contributed by atoms with Gasteiger partial charge in [-0.2, -0.15) is 0 Å². The Hall–Kier alpha value is -0.980. The van der Waals surface area contributed by atoms with Crippen molar-refractivity contribution in [1.29, 1.82) is 0 Å². The van der Waals surface area contributed by atoms with E-state index in [1.807, 2.05) is 76.2 Å². The van der Waals surface area contributed by atoms with Gasteiger partial charge in [-0.1, -0.05) is 61.3 Å². The zero-order valence-electron chi connectivity index (χ0n) is 11.4. The summed E-state index contributed by atoms with van der Waals surface area (Å²) in [5.41, 5.74) is 2.41. The van der Waals surface area contributed by atoms with Gasteiger partial charge < -0.3 is 0 Å². The predicted octanol–water partition coefficient (Wildman–Crippen LogP) is 6.32. The average molecular weight is 283 g/mol. The first-order valence-corrected chi connectivity index (χ1v) is 6.78. The zero-order valence-corrected chi connectivity index (χ0v) is 12.9. The van der Waals surface area contributed by atoms with Crippen LogP contribution < -0.4 is 0 Å². The molecule has 0 aromatic heterocycles. The molecule has 0 aliphatic heterocycles. The lowest BCUT2D eigenvalue weighted by Crippen LogP contribution is -1.66. The van der Waals surface area contributed by atoms with E-state index in [2.05, 4.69) is 0 Å². The fraction of sp³-hybridized carbons (Fsp3) is 0.250. The molecule has 0 aliphatic rings. The number of benzene rings is 2. The fourth-order valence-corrected chi connectivity index (χ4v) is 1.70. The molecule has 0 saturated carbocycles.